The van der Waals surface area contributed by atoms with Gasteiger partial charge in [0.15, 0.2) is 0 Å². The zero-order valence-corrected chi connectivity index (χ0v) is 12.3. The normalized spacial score (nSPS) is 16.2. The smallest absolute Gasteiger partial charge is 0.0745 e. The van der Waals surface area contributed by atoms with Crippen LogP contribution in [0.4, 0.5) is 11.4 Å². The maximum absolute atomic E-state index is 6.14. The Morgan fingerprint density at radius 1 is 1.28 bits per heavy atom. The molecule has 18 heavy (non-hydrogen) atoms. The van der Waals surface area contributed by atoms with E-state index in [4.69, 9.17) is 5.73 Å². The minimum Gasteiger partial charge on any atom is -0.396 e. The van der Waals surface area contributed by atoms with Crippen LogP contribution in [0.15, 0.2) is 28.9 Å². The molecule has 94 valence electrons. The molecule has 0 radical (unpaired) electrons. The number of nitrogens with zero attached hydrogens (tertiary/aromatic N) is 2. The van der Waals surface area contributed by atoms with Gasteiger partial charge in [0, 0.05) is 34.5 Å². The molecule has 1 aliphatic heterocycles. The van der Waals surface area contributed by atoms with Gasteiger partial charge in [-0.3, -0.25) is 4.98 Å². The molecule has 2 N–H and O–H groups in total. The molecular weight excluding hydrogens is 310 g/mol. The Kier molecular flexibility index (Phi) is 3.35. The maximum Gasteiger partial charge on any atom is 0.0745 e. The van der Waals surface area contributed by atoms with Crippen LogP contribution in [-0.2, 0) is 0 Å². The van der Waals surface area contributed by atoms with Crippen molar-refractivity contribution in [3.63, 3.8) is 0 Å². The summed E-state index contributed by atoms with van der Waals surface area (Å²) in [6.07, 6.45) is 1.77. The summed E-state index contributed by atoms with van der Waals surface area (Å²) in [5.74, 6) is 2.33. The minimum atomic E-state index is 0.771. The van der Waals surface area contributed by atoms with Crippen LogP contribution in [0, 0.1) is 0 Å². The second-order valence-corrected chi connectivity index (χ2v) is 6.46. The van der Waals surface area contributed by atoms with Crippen molar-refractivity contribution >= 4 is 50.0 Å². The van der Waals surface area contributed by atoms with Crippen molar-refractivity contribution in [1.82, 2.24) is 4.98 Å². The summed E-state index contributed by atoms with van der Waals surface area (Å²) in [4.78, 5) is 6.78. The van der Waals surface area contributed by atoms with Gasteiger partial charge >= 0.3 is 0 Å². The predicted molar refractivity (Wildman–Crippen MR) is 83.4 cm³/mol. The van der Waals surface area contributed by atoms with E-state index in [0.29, 0.717) is 0 Å². The van der Waals surface area contributed by atoms with Crippen LogP contribution in [0.1, 0.15) is 0 Å². The molecule has 2 heterocycles. The summed E-state index contributed by atoms with van der Waals surface area (Å²) in [5, 5.41) is 1.14. The average molecular weight is 324 g/mol. The standard InChI is InChI=1S/C13H14BrN3S/c14-9-1-2-12-10(7-9)13(11(15)8-16-12)17-3-5-18-6-4-17/h1-2,7-8H,3-6,15H2. The van der Waals surface area contributed by atoms with E-state index in [1.54, 1.807) is 6.20 Å². The summed E-state index contributed by atoms with van der Waals surface area (Å²) in [5.41, 5.74) is 9.05. The van der Waals surface area contributed by atoms with Gasteiger partial charge in [0.25, 0.3) is 0 Å². The number of halogens is 1. The molecule has 5 heteroatoms. The molecule has 1 fully saturated rings. The molecule has 0 amide bonds. The van der Waals surface area contributed by atoms with Crippen LogP contribution >= 0.6 is 27.7 Å². The molecule has 1 saturated heterocycles. The van der Waals surface area contributed by atoms with Crippen LogP contribution in [0.3, 0.4) is 0 Å². The molecule has 2 aromatic rings. The number of benzene rings is 1. The van der Waals surface area contributed by atoms with Gasteiger partial charge in [-0.05, 0) is 18.2 Å². The van der Waals surface area contributed by atoms with Crippen molar-refractivity contribution in [1.29, 1.82) is 0 Å². The van der Waals surface area contributed by atoms with Crippen LogP contribution in [0.2, 0.25) is 0 Å². The van der Waals surface area contributed by atoms with E-state index in [2.05, 4.69) is 31.9 Å². The van der Waals surface area contributed by atoms with Gasteiger partial charge in [0.05, 0.1) is 23.1 Å². The van der Waals surface area contributed by atoms with E-state index >= 15 is 0 Å². The second-order valence-electron chi connectivity index (χ2n) is 4.32. The summed E-state index contributed by atoms with van der Waals surface area (Å²) < 4.78 is 1.06. The lowest BCUT2D eigenvalue weighted by Gasteiger charge is -2.30. The lowest BCUT2D eigenvalue weighted by molar-refractivity contribution is 0.863. The summed E-state index contributed by atoms with van der Waals surface area (Å²) in [6, 6.07) is 6.15. The monoisotopic (exact) mass is 323 g/mol. The van der Waals surface area contributed by atoms with Crippen molar-refractivity contribution in [2.75, 3.05) is 35.2 Å². The molecule has 0 saturated carbocycles. The zero-order valence-electron chi connectivity index (χ0n) is 9.90. The van der Waals surface area contributed by atoms with E-state index in [-0.39, 0.29) is 0 Å². The van der Waals surface area contributed by atoms with Crippen molar-refractivity contribution in [2.24, 2.45) is 0 Å². The first kappa shape index (κ1) is 12.1. The third-order valence-electron chi connectivity index (χ3n) is 3.16. The number of thioether (sulfide) groups is 1. The summed E-state index contributed by atoms with van der Waals surface area (Å²) in [7, 11) is 0. The Morgan fingerprint density at radius 3 is 2.83 bits per heavy atom. The van der Waals surface area contributed by atoms with E-state index in [0.717, 1.165) is 51.3 Å². The van der Waals surface area contributed by atoms with Gasteiger partial charge in [-0.15, -0.1) is 0 Å². The molecular formula is C13H14BrN3S. The molecule has 0 bridgehead atoms. The van der Waals surface area contributed by atoms with Crippen LogP contribution in [-0.4, -0.2) is 29.6 Å². The fourth-order valence-corrected chi connectivity index (χ4v) is 3.57. The summed E-state index contributed by atoms with van der Waals surface area (Å²) >= 11 is 5.52. The maximum atomic E-state index is 6.14. The van der Waals surface area contributed by atoms with Gasteiger partial charge in [0.2, 0.25) is 0 Å². The van der Waals surface area contributed by atoms with E-state index in [1.807, 2.05) is 23.9 Å². The number of pyridine rings is 1. The first-order chi connectivity index (χ1) is 8.75. The van der Waals surface area contributed by atoms with Crippen molar-refractivity contribution in [3.05, 3.63) is 28.9 Å². The second kappa shape index (κ2) is 4.97. The highest BCUT2D eigenvalue weighted by atomic mass is 79.9. The van der Waals surface area contributed by atoms with E-state index < -0.39 is 0 Å². The number of nitrogens with two attached hydrogens (primary N) is 1. The highest BCUT2D eigenvalue weighted by molar-refractivity contribution is 9.10. The van der Waals surface area contributed by atoms with Gasteiger partial charge in [-0.1, -0.05) is 15.9 Å². The van der Waals surface area contributed by atoms with Crippen LogP contribution < -0.4 is 10.6 Å². The number of anilines is 2. The fraction of sp³-hybridized carbons (Fsp3) is 0.308. The average Bonchev–Trinajstić information content (AvgIpc) is 2.39. The Hall–Kier alpha value is -0.940. The van der Waals surface area contributed by atoms with Gasteiger partial charge < -0.3 is 10.6 Å². The molecule has 1 aliphatic rings. The quantitative estimate of drug-likeness (QED) is 0.875. The highest BCUT2D eigenvalue weighted by Gasteiger charge is 2.17. The Bertz CT molecular complexity index is 576. The minimum absolute atomic E-state index is 0.771. The Labute approximate surface area is 119 Å². The SMILES string of the molecule is Nc1cnc2ccc(Br)cc2c1N1CCSCC1. The predicted octanol–water partition coefficient (Wildman–Crippen LogP) is 3.13. The number of rotatable bonds is 1. The topological polar surface area (TPSA) is 42.1 Å². The van der Waals surface area contributed by atoms with Gasteiger partial charge in [0.1, 0.15) is 0 Å². The number of hydrogen-bond acceptors (Lipinski definition) is 4. The third kappa shape index (κ3) is 2.17. The molecule has 0 unspecified atom stereocenters. The van der Waals surface area contributed by atoms with E-state index in [1.165, 1.54) is 0 Å². The van der Waals surface area contributed by atoms with Crippen molar-refractivity contribution in [2.45, 2.75) is 0 Å². The largest absolute Gasteiger partial charge is 0.396 e. The third-order valence-corrected chi connectivity index (χ3v) is 4.59. The van der Waals surface area contributed by atoms with Gasteiger partial charge in [-0.25, -0.2) is 0 Å². The first-order valence-electron chi connectivity index (χ1n) is 5.92. The molecule has 1 aromatic carbocycles. The Morgan fingerprint density at radius 2 is 2.06 bits per heavy atom. The molecule has 3 nitrogen and oxygen atoms in total. The highest BCUT2D eigenvalue weighted by Crippen LogP contribution is 2.34. The van der Waals surface area contributed by atoms with E-state index in [9.17, 15) is 0 Å². The van der Waals surface area contributed by atoms with Crippen LogP contribution in [0.25, 0.3) is 10.9 Å². The Balaban J connectivity index is 2.18. The number of hydrogen-bond donors (Lipinski definition) is 1. The van der Waals surface area contributed by atoms with Crippen LogP contribution in [0.5, 0.6) is 0 Å². The molecule has 3 rings (SSSR count). The lowest BCUT2D eigenvalue weighted by atomic mass is 10.1. The molecule has 1 aromatic heterocycles. The molecule has 0 atom stereocenters. The molecule has 0 aliphatic carbocycles. The number of fused-ring (bicyclic) bond motifs is 1. The number of aromatic nitrogens is 1. The number of nitrogen functional groups attached to an aromatic ring is 1. The van der Waals surface area contributed by atoms with Gasteiger partial charge in [-0.2, -0.15) is 11.8 Å². The van der Waals surface area contributed by atoms with Crippen molar-refractivity contribution in [3.8, 4) is 0 Å². The summed E-state index contributed by atoms with van der Waals surface area (Å²) in [6.45, 7) is 2.11. The molecule has 0 spiro atoms. The first-order valence-corrected chi connectivity index (χ1v) is 7.87. The zero-order chi connectivity index (χ0) is 12.5. The fourth-order valence-electron chi connectivity index (χ4n) is 2.31. The lowest BCUT2D eigenvalue weighted by Crippen LogP contribution is -2.33. The van der Waals surface area contributed by atoms with Crippen molar-refractivity contribution < 1.29 is 0 Å².